The summed E-state index contributed by atoms with van der Waals surface area (Å²) < 4.78 is 3.02. The summed E-state index contributed by atoms with van der Waals surface area (Å²) >= 11 is 5.43. The van der Waals surface area contributed by atoms with E-state index in [9.17, 15) is 0 Å². The highest BCUT2D eigenvalue weighted by molar-refractivity contribution is 7.71. The average Bonchev–Trinajstić information content (AvgIpc) is 2.70. The largest absolute Gasteiger partial charge is 0.324 e. The molecule has 4 bridgehead atoms. The predicted molar refractivity (Wildman–Crippen MR) is 71.4 cm³/mol. The van der Waals surface area contributed by atoms with Crippen LogP contribution in [0.4, 0.5) is 0 Å². The maximum atomic E-state index is 5.81. The Morgan fingerprint density at radius 3 is 2.33 bits per heavy atom. The van der Waals surface area contributed by atoms with Crippen LogP contribution in [0.5, 0.6) is 0 Å². The molecule has 5 heteroatoms. The van der Waals surface area contributed by atoms with E-state index in [0.29, 0.717) is 12.6 Å². The third-order valence-electron chi connectivity index (χ3n) is 5.44. The van der Waals surface area contributed by atoms with Gasteiger partial charge in [0.1, 0.15) is 5.82 Å². The lowest BCUT2D eigenvalue weighted by atomic mass is 9.54. The van der Waals surface area contributed by atoms with Crippen molar-refractivity contribution in [2.24, 2.45) is 29.4 Å². The van der Waals surface area contributed by atoms with Gasteiger partial charge in [-0.25, -0.2) is 0 Å². The van der Waals surface area contributed by atoms with Crippen LogP contribution in [0.1, 0.15) is 44.0 Å². The Kier molecular flexibility index (Phi) is 2.42. The zero-order chi connectivity index (χ0) is 12.3. The average molecular weight is 264 g/mol. The highest BCUT2D eigenvalue weighted by Gasteiger charge is 2.49. The number of nitrogens with zero attached hydrogens (tertiary/aromatic N) is 2. The highest BCUT2D eigenvalue weighted by atomic mass is 32.1. The Labute approximate surface area is 112 Å². The van der Waals surface area contributed by atoms with E-state index in [1.54, 1.807) is 0 Å². The van der Waals surface area contributed by atoms with Gasteiger partial charge >= 0.3 is 0 Å². The first-order chi connectivity index (χ1) is 8.76. The molecule has 4 fully saturated rings. The Morgan fingerprint density at radius 2 is 1.78 bits per heavy atom. The van der Waals surface area contributed by atoms with Gasteiger partial charge in [-0.05, 0) is 68.0 Å². The summed E-state index contributed by atoms with van der Waals surface area (Å²) in [7, 11) is 0. The van der Waals surface area contributed by atoms with E-state index in [4.69, 9.17) is 18.0 Å². The molecule has 0 atom stereocenters. The van der Waals surface area contributed by atoms with Crippen molar-refractivity contribution in [2.45, 2.75) is 44.7 Å². The maximum absolute atomic E-state index is 5.81. The van der Waals surface area contributed by atoms with Gasteiger partial charge in [-0.1, -0.05) is 0 Å². The fraction of sp³-hybridized carbons (Fsp3) is 0.846. The van der Waals surface area contributed by atoms with Crippen LogP contribution in [0, 0.1) is 28.4 Å². The van der Waals surface area contributed by atoms with E-state index in [2.05, 4.69) is 14.8 Å². The molecule has 1 heterocycles. The molecule has 4 nitrogen and oxygen atoms in total. The summed E-state index contributed by atoms with van der Waals surface area (Å²) in [5.41, 5.74) is 5.81. The van der Waals surface area contributed by atoms with Crippen molar-refractivity contribution in [3.8, 4) is 0 Å². The molecule has 1 aromatic rings. The lowest BCUT2D eigenvalue weighted by Gasteiger charge is -2.54. The summed E-state index contributed by atoms with van der Waals surface area (Å²) in [6.07, 6.45) is 7.08. The van der Waals surface area contributed by atoms with Gasteiger partial charge in [-0.2, -0.15) is 5.10 Å². The van der Waals surface area contributed by atoms with E-state index in [0.717, 1.165) is 34.3 Å². The van der Waals surface area contributed by atoms with Crippen molar-refractivity contribution in [1.29, 1.82) is 0 Å². The van der Waals surface area contributed by atoms with Crippen LogP contribution in [-0.4, -0.2) is 14.8 Å². The van der Waals surface area contributed by atoms with Gasteiger partial charge in [-0.3, -0.25) is 9.67 Å². The van der Waals surface area contributed by atoms with Crippen LogP contribution < -0.4 is 5.73 Å². The Morgan fingerprint density at radius 1 is 1.17 bits per heavy atom. The van der Waals surface area contributed by atoms with Gasteiger partial charge in [0, 0.05) is 6.04 Å². The normalized spacial score (nSPS) is 41.5. The molecule has 0 aliphatic heterocycles. The zero-order valence-electron chi connectivity index (χ0n) is 10.5. The summed E-state index contributed by atoms with van der Waals surface area (Å²) in [5.74, 6) is 4.56. The number of hydrogen-bond donors (Lipinski definition) is 2. The number of rotatable bonds is 2. The van der Waals surface area contributed by atoms with Crippen molar-refractivity contribution in [1.82, 2.24) is 14.8 Å². The van der Waals surface area contributed by atoms with Crippen LogP contribution in [0.2, 0.25) is 0 Å². The summed E-state index contributed by atoms with van der Waals surface area (Å²) in [4.78, 5) is 0. The second kappa shape index (κ2) is 3.90. The first kappa shape index (κ1) is 11.2. The van der Waals surface area contributed by atoms with Gasteiger partial charge in [0.05, 0.1) is 6.54 Å². The molecule has 18 heavy (non-hydrogen) atoms. The lowest BCUT2D eigenvalue weighted by Crippen LogP contribution is -2.46. The summed E-state index contributed by atoms with van der Waals surface area (Å²) in [5, 5.41) is 7.22. The highest BCUT2D eigenvalue weighted by Crippen LogP contribution is 2.58. The minimum Gasteiger partial charge on any atom is -0.324 e. The van der Waals surface area contributed by atoms with Crippen LogP contribution in [0.25, 0.3) is 0 Å². The molecule has 0 saturated heterocycles. The minimum absolute atomic E-state index is 0.482. The number of H-pyrrole nitrogens is 1. The number of nitrogens with one attached hydrogen (secondary N) is 1. The van der Waals surface area contributed by atoms with E-state index >= 15 is 0 Å². The fourth-order valence-corrected chi connectivity index (χ4v) is 5.38. The quantitative estimate of drug-likeness (QED) is 0.806. The molecule has 0 spiro atoms. The molecule has 4 aliphatic rings. The molecule has 4 saturated carbocycles. The Bertz CT molecular complexity index is 489. The number of nitrogens with two attached hydrogens (primary N) is 1. The van der Waals surface area contributed by atoms with Crippen molar-refractivity contribution < 1.29 is 0 Å². The Hall–Kier alpha value is -0.680. The van der Waals surface area contributed by atoms with E-state index in [1.807, 2.05) is 0 Å². The van der Waals surface area contributed by atoms with Crippen molar-refractivity contribution in [3.63, 3.8) is 0 Å². The van der Waals surface area contributed by atoms with Crippen molar-refractivity contribution in [2.75, 3.05) is 0 Å². The molecule has 5 rings (SSSR count). The number of aromatic nitrogens is 3. The second-order valence-electron chi connectivity index (χ2n) is 6.44. The van der Waals surface area contributed by atoms with E-state index < -0.39 is 0 Å². The Balaban J connectivity index is 1.76. The van der Waals surface area contributed by atoms with Gasteiger partial charge in [-0.15, -0.1) is 0 Å². The predicted octanol–water partition coefficient (Wildman–Crippen LogP) is 2.40. The molecule has 4 aliphatic carbocycles. The van der Waals surface area contributed by atoms with Gasteiger partial charge in [0.15, 0.2) is 4.77 Å². The molecular weight excluding hydrogens is 244 g/mol. The first-order valence-electron chi connectivity index (χ1n) is 7.12. The van der Waals surface area contributed by atoms with Crippen LogP contribution in [0.15, 0.2) is 0 Å². The van der Waals surface area contributed by atoms with Crippen LogP contribution >= 0.6 is 12.2 Å². The summed E-state index contributed by atoms with van der Waals surface area (Å²) in [6, 6.07) is 0.572. The van der Waals surface area contributed by atoms with E-state index in [1.165, 1.54) is 32.1 Å². The molecule has 0 unspecified atom stereocenters. The first-order valence-corrected chi connectivity index (χ1v) is 7.53. The van der Waals surface area contributed by atoms with Gasteiger partial charge < -0.3 is 5.73 Å². The smallest absolute Gasteiger partial charge is 0.195 e. The minimum atomic E-state index is 0.482. The van der Waals surface area contributed by atoms with Crippen molar-refractivity contribution >= 4 is 12.2 Å². The maximum Gasteiger partial charge on any atom is 0.195 e. The monoisotopic (exact) mass is 264 g/mol. The molecule has 3 N–H and O–H groups in total. The van der Waals surface area contributed by atoms with Crippen LogP contribution in [0.3, 0.4) is 0 Å². The zero-order valence-corrected chi connectivity index (χ0v) is 11.3. The topological polar surface area (TPSA) is 59.6 Å². The molecule has 0 radical (unpaired) electrons. The molecule has 0 amide bonds. The second-order valence-corrected chi connectivity index (χ2v) is 6.83. The molecule has 98 valence electrons. The lowest BCUT2D eigenvalue weighted by molar-refractivity contribution is -0.0306. The number of hydrogen-bond acceptors (Lipinski definition) is 3. The third kappa shape index (κ3) is 1.46. The standard InChI is InChI=1S/C13H20N4S/c14-6-11-15-16-13(18)17(11)12-9-2-7-1-8(4-9)5-10(12)3-7/h7-10,12H,1-6,14H2,(H,16,18). The SMILES string of the molecule is NCc1n[nH]c(=S)n1C1C2CC3CC(C2)CC1C3. The summed E-state index contributed by atoms with van der Waals surface area (Å²) in [6.45, 7) is 0.482. The molecule has 0 aromatic carbocycles. The van der Waals surface area contributed by atoms with Crippen LogP contribution in [-0.2, 0) is 6.54 Å². The third-order valence-corrected chi connectivity index (χ3v) is 5.72. The van der Waals surface area contributed by atoms with Gasteiger partial charge in [0.2, 0.25) is 0 Å². The van der Waals surface area contributed by atoms with E-state index in [-0.39, 0.29) is 0 Å². The van der Waals surface area contributed by atoms with Crippen molar-refractivity contribution in [3.05, 3.63) is 10.6 Å². The fourth-order valence-electron chi connectivity index (χ4n) is 5.11. The number of aromatic amines is 1. The molecule has 1 aromatic heterocycles. The molecular formula is C13H20N4S. The van der Waals surface area contributed by atoms with Gasteiger partial charge in [0.25, 0.3) is 0 Å².